The van der Waals surface area contributed by atoms with E-state index in [1.807, 2.05) is 6.07 Å². The second-order valence-corrected chi connectivity index (χ2v) is 1.45. The summed E-state index contributed by atoms with van der Waals surface area (Å²) in [4.78, 5) is 10.0. The zero-order valence-corrected chi connectivity index (χ0v) is 3.64. The van der Waals surface area contributed by atoms with Crippen LogP contribution in [-0.4, -0.2) is 11.9 Å². The molecule has 0 bridgehead atoms. The van der Waals surface area contributed by atoms with Gasteiger partial charge in [0.15, 0.2) is 0 Å². The van der Waals surface area contributed by atoms with Crippen molar-refractivity contribution in [2.45, 2.75) is 12.5 Å². The van der Waals surface area contributed by atoms with Gasteiger partial charge in [-0.1, -0.05) is 0 Å². The summed E-state index contributed by atoms with van der Waals surface area (Å²) < 4.78 is 0. The molecule has 0 spiro atoms. The van der Waals surface area contributed by atoms with Crippen molar-refractivity contribution in [2.24, 2.45) is 0 Å². The third-order valence-electron chi connectivity index (χ3n) is 0.881. The molecule has 36 valence electrons. The average molecular weight is 96.1 g/mol. The van der Waals surface area contributed by atoms with Crippen LogP contribution in [-0.2, 0) is 4.79 Å². The third kappa shape index (κ3) is 0.541. The molecule has 1 aliphatic rings. The van der Waals surface area contributed by atoms with Gasteiger partial charge in [-0.2, -0.15) is 5.26 Å². The summed E-state index contributed by atoms with van der Waals surface area (Å²) in [6.45, 7) is 0. The van der Waals surface area contributed by atoms with Crippen molar-refractivity contribution in [3.05, 3.63) is 0 Å². The van der Waals surface area contributed by atoms with Crippen LogP contribution in [0.1, 0.15) is 6.42 Å². The molecule has 1 heterocycles. The highest BCUT2D eigenvalue weighted by molar-refractivity contribution is 5.83. The lowest BCUT2D eigenvalue weighted by Gasteiger charge is -2.18. The fourth-order valence-corrected chi connectivity index (χ4v) is 0.437. The van der Waals surface area contributed by atoms with Crippen molar-refractivity contribution in [2.75, 3.05) is 0 Å². The summed E-state index contributed by atoms with van der Waals surface area (Å²) in [5.74, 6) is -0.0217. The maximum absolute atomic E-state index is 10.0. The van der Waals surface area contributed by atoms with E-state index in [9.17, 15) is 4.79 Å². The van der Waals surface area contributed by atoms with E-state index in [1.54, 1.807) is 0 Å². The van der Waals surface area contributed by atoms with Gasteiger partial charge in [0.1, 0.15) is 6.04 Å². The first-order valence-corrected chi connectivity index (χ1v) is 2.02. The number of rotatable bonds is 0. The molecule has 0 aromatic carbocycles. The smallest absolute Gasteiger partial charge is 0.224 e. The van der Waals surface area contributed by atoms with E-state index in [1.165, 1.54) is 0 Å². The predicted molar refractivity (Wildman–Crippen MR) is 22.2 cm³/mol. The van der Waals surface area contributed by atoms with Crippen molar-refractivity contribution in [1.29, 1.82) is 5.26 Å². The molecule has 3 nitrogen and oxygen atoms in total. The zero-order chi connectivity index (χ0) is 5.28. The number of β-lactam (4-membered cyclic amide) rings is 1. The molecule has 3 heteroatoms. The van der Waals surface area contributed by atoms with E-state index in [2.05, 4.69) is 5.32 Å². The lowest BCUT2D eigenvalue weighted by atomic mass is 10.1. The van der Waals surface area contributed by atoms with Crippen LogP contribution >= 0.6 is 0 Å². The molecule has 1 atom stereocenters. The summed E-state index contributed by atoms with van der Waals surface area (Å²) >= 11 is 0. The SMILES string of the molecule is N#CC1CC(=O)N1. The summed E-state index contributed by atoms with van der Waals surface area (Å²) in [5.41, 5.74) is 0. The first-order chi connectivity index (χ1) is 3.33. The van der Waals surface area contributed by atoms with Gasteiger partial charge in [-0.25, -0.2) is 0 Å². The zero-order valence-electron chi connectivity index (χ0n) is 3.64. The molecule has 7 heavy (non-hydrogen) atoms. The van der Waals surface area contributed by atoms with Crippen molar-refractivity contribution in [3.63, 3.8) is 0 Å². The van der Waals surface area contributed by atoms with Gasteiger partial charge in [0.2, 0.25) is 5.91 Å². The van der Waals surface area contributed by atoms with E-state index in [-0.39, 0.29) is 11.9 Å². The Labute approximate surface area is 40.9 Å². The van der Waals surface area contributed by atoms with Crippen LogP contribution in [0.15, 0.2) is 0 Å². The molecular weight excluding hydrogens is 92.1 g/mol. The second kappa shape index (κ2) is 1.23. The van der Waals surface area contributed by atoms with Crippen LogP contribution in [0.3, 0.4) is 0 Å². The minimum Gasteiger partial charge on any atom is -0.340 e. The van der Waals surface area contributed by atoms with E-state index >= 15 is 0 Å². The van der Waals surface area contributed by atoms with Crippen LogP contribution in [0.25, 0.3) is 0 Å². The number of hydrogen-bond acceptors (Lipinski definition) is 2. The summed E-state index contributed by atoms with van der Waals surface area (Å²) in [5, 5.41) is 10.4. The largest absolute Gasteiger partial charge is 0.340 e. The van der Waals surface area contributed by atoms with Crippen LogP contribution in [0.2, 0.25) is 0 Å². The second-order valence-electron chi connectivity index (χ2n) is 1.45. The van der Waals surface area contributed by atoms with Crippen molar-refractivity contribution < 1.29 is 4.79 Å². The number of amides is 1. The van der Waals surface area contributed by atoms with Crippen molar-refractivity contribution in [1.82, 2.24) is 5.32 Å². The van der Waals surface area contributed by atoms with Gasteiger partial charge in [0.25, 0.3) is 0 Å². The summed E-state index contributed by atoms with van der Waals surface area (Å²) in [6.07, 6.45) is 0.385. The Morgan fingerprint density at radius 2 is 2.57 bits per heavy atom. The Kier molecular flexibility index (Phi) is 0.724. The molecule has 1 N–H and O–H groups in total. The minimum absolute atomic E-state index is 0.0217. The molecule has 1 saturated heterocycles. The van der Waals surface area contributed by atoms with E-state index in [4.69, 9.17) is 5.26 Å². The molecule has 0 radical (unpaired) electrons. The Balaban J connectivity index is 2.34. The van der Waals surface area contributed by atoms with Gasteiger partial charge in [-0.05, 0) is 0 Å². The first kappa shape index (κ1) is 4.13. The molecule has 1 fully saturated rings. The van der Waals surface area contributed by atoms with Crippen LogP contribution in [0, 0.1) is 11.3 Å². The number of hydrogen-bond donors (Lipinski definition) is 1. The van der Waals surface area contributed by atoms with Gasteiger partial charge < -0.3 is 5.32 Å². The van der Waals surface area contributed by atoms with Crippen LogP contribution in [0.5, 0.6) is 0 Å². The molecule has 1 unspecified atom stereocenters. The molecule has 0 aromatic rings. The Bertz CT molecular complexity index is 127. The molecule has 0 saturated carbocycles. The average Bonchev–Trinajstić information content (AvgIpc) is 1.58. The number of carbonyl (C=O) groups is 1. The molecule has 1 aliphatic heterocycles. The highest BCUT2D eigenvalue weighted by Crippen LogP contribution is 1.99. The van der Waals surface area contributed by atoms with Crippen molar-refractivity contribution in [3.8, 4) is 6.07 Å². The highest BCUT2D eigenvalue weighted by Gasteiger charge is 2.23. The molecule has 1 amide bonds. The van der Waals surface area contributed by atoms with Gasteiger partial charge in [0.05, 0.1) is 12.5 Å². The van der Waals surface area contributed by atoms with Crippen LogP contribution < -0.4 is 5.32 Å². The van der Waals surface area contributed by atoms with Gasteiger partial charge in [-0.15, -0.1) is 0 Å². The summed E-state index contributed by atoms with van der Waals surface area (Å²) in [7, 11) is 0. The summed E-state index contributed by atoms with van der Waals surface area (Å²) in [6, 6.07) is 1.70. The fraction of sp³-hybridized carbons (Fsp3) is 0.500. The highest BCUT2D eigenvalue weighted by atomic mass is 16.2. The van der Waals surface area contributed by atoms with Gasteiger partial charge >= 0.3 is 0 Å². The van der Waals surface area contributed by atoms with Crippen LogP contribution in [0.4, 0.5) is 0 Å². The molecule has 0 aliphatic carbocycles. The Morgan fingerprint density at radius 1 is 2.00 bits per heavy atom. The number of carbonyl (C=O) groups excluding carboxylic acids is 1. The third-order valence-corrected chi connectivity index (χ3v) is 0.881. The normalized spacial score (nSPS) is 27.3. The molecule has 1 rings (SSSR count). The topological polar surface area (TPSA) is 52.9 Å². The maximum atomic E-state index is 10.0. The van der Waals surface area contributed by atoms with Crippen molar-refractivity contribution >= 4 is 5.91 Å². The van der Waals surface area contributed by atoms with Gasteiger partial charge in [0, 0.05) is 0 Å². The molecule has 0 aromatic heterocycles. The monoisotopic (exact) mass is 96.0 g/mol. The molecular formula is C4H4N2O. The Hall–Kier alpha value is -1.04. The standard InChI is InChI=1S/C4H4N2O/c5-2-3-1-4(7)6-3/h3H,1H2,(H,6,7). The minimum atomic E-state index is -0.201. The van der Waals surface area contributed by atoms with E-state index < -0.39 is 0 Å². The van der Waals surface area contributed by atoms with Gasteiger partial charge in [-0.3, -0.25) is 4.79 Å². The number of nitriles is 1. The fourth-order valence-electron chi connectivity index (χ4n) is 0.437. The van der Waals surface area contributed by atoms with E-state index in [0.717, 1.165) is 0 Å². The number of nitrogens with zero attached hydrogens (tertiary/aromatic N) is 1. The quantitative estimate of drug-likeness (QED) is 0.409. The van der Waals surface area contributed by atoms with E-state index in [0.29, 0.717) is 6.42 Å². The number of nitrogens with one attached hydrogen (secondary N) is 1. The first-order valence-electron chi connectivity index (χ1n) is 2.02. The lowest BCUT2D eigenvalue weighted by Crippen LogP contribution is -2.47. The Morgan fingerprint density at radius 3 is 2.71 bits per heavy atom. The maximum Gasteiger partial charge on any atom is 0.224 e. The predicted octanol–water partition coefficient (Wildman–Crippen LogP) is -0.602. The lowest BCUT2D eigenvalue weighted by molar-refractivity contribution is -0.126.